The number of ether oxygens (including phenoxy) is 1. The van der Waals surface area contributed by atoms with Crippen molar-refractivity contribution in [1.29, 1.82) is 0 Å². The molecule has 0 radical (unpaired) electrons. The Balaban J connectivity index is 1.49. The minimum Gasteiger partial charge on any atom is -0.392 e. The molecular weight excluding hydrogens is 512 g/mol. The highest BCUT2D eigenvalue weighted by atomic mass is 16.6. The van der Waals surface area contributed by atoms with Crippen LogP contribution in [-0.2, 0) is 4.74 Å². The average molecular weight is 569 g/mol. The number of rotatable bonds is 10. The second-order valence-corrected chi connectivity index (χ2v) is 14.2. The van der Waals surface area contributed by atoms with Crippen LogP contribution in [0.4, 0.5) is 0 Å². The van der Waals surface area contributed by atoms with E-state index < -0.39 is 0 Å². The summed E-state index contributed by atoms with van der Waals surface area (Å²) >= 11 is 0. The summed E-state index contributed by atoms with van der Waals surface area (Å²) in [6, 6.07) is 0. The molecule has 2 heteroatoms. The molecule has 0 aromatic heterocycles. The number of hydrogen-bond acceptors (Lipinski definition) is 2. The Morgan fingerprint density at radius 1 is 0.762 bits per heavy atom. The summed E-state index contributed by atoms with van der Waals surface area (Å²) in [4.78, 5) is 0. The molecule has 2 fully saturated rings. The highest BCUT2D eigenvalue weighted by Gasteiger charge is 2.75. The third-order valence-corrected chi connectivity index (χ3v) is 9.80. The molecule has 3 rings (SSSR count). The van der Waals surface area contributed by atoms with Crippen molar-refractivity contribution < 1.29 is 9.84 Å². The number of fused-ring (bicyclic) bond motifs is 1. The fraction of sp³-hybridized carbons (Fsp3) is 0.500. The van der Waals surface area contributed by atoms with Crippen molar-refractivity contribution in [2.45, 2.75) is 112 Å². The molecule has 3 aliphatic rings. The number of hydrogen-bond donors (Lipinski definition) is 1. The van der Waals surface area contributed by atoms with Gasteiger partial charge in [-0.2, -0.15) is 0 Å². The summed E-state index contributed by atoms with van der Waals surface area (Å²) in [7, 11) is 0. The zero-order valence-corrected chi connectivity index (χ0v) is 28.0. The van der Waals surface area contributed by atoms with Gasteiger partial charge in [-0.3, -0.25) is 0 Å². The summed E-state index contributed by atoms with van der Waals surface area (Å²) in [6.07, 6.45) is 36.4. The van der Waals surface area contributed by atoms with Crippen LogP contribution in [0.3, 0.4) is 0 Å². The number of aliphatic hydroxyl groups is 1. The Morgan fingerprint density at radius 3 is 1.86 bits per heavy atom. The Hall–Kier alpha value is -2.68. The Bertz CT molecular complexity index is 1280. The largest absolute Gasteiger partial charge is 0.392 e. The SMILES string of the molecule is CC1=CCCC(C)(C)[C@H]1/C=C/C(C)=C/C=C/C(C)=C/C=C/C=C(C)/C=C/C=C(C)/C=C/[C@]12O[C@@]1(C)CC[C@@H](O)C2(C)C. The molecule has 42 heavy (non-hydrogen) atoms. The minimum atomic E-state index is -0.382. The molecule has 0 spiro atoms. The lowest BCUT2D eigenvalue weighted by Crippen LogP contribution is -2.49. The van der Waals surface area contributed by atoms with E-state index in [4.69, 9.17) is 4.74 Å². The van der Waals surface area contributed by atoms with E-state index >= 15 is 0 Å². The van der Waals surface area contributed by atoms with Gasteiger partial charge in [0, 0.05) is 11.3 Å². The van der Waals surface area contributed by atoms with Gasteiger partial charge in [-0.05, 0) is 78.7 Å². The van der Waals surface area contributed by atoms with E-state index in [-0.39, 0.29) is 22.7 Å². The number of aliphatic hydroxyl groups excluding tert-OH is 1. The average Bonchev–Trinajstić information content (AvgIpc) is 3.54. The quantitative estimate of drug-likeness (QED) is 0.161. The van der Waals surface area contributed by atoms with Crippen LogP contribution in [0.1, 0.15) is 94.9 Å². The van der Waals surface area contributed by atoms with E-state index in [0.29, 0.717) is 11.3 Å². The molecule has 1 N–H and O–H groups in total. The third-order valence-electron chi connectivity index (χ3n) is 9.80. The van der Waals surface area contributed by atoms with Gasteiger partial charge >= 0.3 is 0 Å². The van der Waals surface area contributed by atoms with Gasteiger partial charge in [0.2, 0.25) is 0 Å². The maximum absolute atomic E-state index is 10.6. The van der Waals surface area contributed by atoms with Gasteiger partial charge < -0.3 is 9.84 Å². The first-order valence-corrected chi connectivity index (χ1v) is 15.8. The topological polar surface area (TPSA) is 32.8 Å². The summed E-state index contributed by atoms with van der Waals surface area (Å²) in [5, 5.41) is 10.6. The molecule has 1 heterocycles. The van der Waals surface area contributed by atoms with E-state index in [1.165, 1.54) is 35.1 Å². The molecule has 4 atom stereocenters. The second-order valence-electron chi connectivity index (χ2n) is 14.2. The third kappa shape index (κ3) is 8.03. The number of epoxide rings is 1. The van der Waals surface area contributed by atoms with Crippen LogP contribution in [0.5, 0.6) is 0 Å². The van der Waals surface area contributed by atoms with Crippen LogP contribution < -0.4 is 0 Å². The van der Waals surface area contributed by atoms with Crippen LogP contribution in [0.25, 0.3) is 0 Å². The first kappa shape index (κ1) is 33.8. The van der Waals surface area contributed by atoms with Crippen molar-refractivity contribution in [2.24, 2.45) is 16.7 Å². The first-order chi connectivity index (χ1) is 19.6. The molecule has 0 bridgehead atoms. The smallest absolute Gasteiger partial charge is 0.124 e. The fourth-order valence-electron chi connectivity index (χ4n) is 6.65. The van der Waals surface area contributed by atoms with Crippen LogP contribution in [0.15, 0.2) is 119 Å². The van der Waals surface area contributed by atoms with Crippen LogP contribution in [0, 0.1) is 16.7 Å². The van der Waals surface area contributed by atoms with Crippen molar-refractivity contribution in [3.05, 3.63) is 119 Å². The second kappa shape index (κ2) is 13.7. The molecule has 1 saturated heterocycles. The fourth-order valence-corrected chi connectivity index (χ4v) is 6.65. The minimum absolute atomic E-state index is 0.160. The van der Waals surface area contributed by atoms with E-state index in [1.807, 2.05) is 0 Å². The standard InChI is InChI=1S/C40H56O2/c1-30(18-13-20-32(3)23-24-35-34(5)22-15-27-37(35,6)7)16-11-12-17-31(2)19-14-21-33(4)25-29-40-38(8,9)36(41)26-28-39(40,10)42-40/h11-14,16-25,29,35-36,41H,15,26-28H2,1-10H3/b12-11+,18-13+,19-14+,24-23+,29-25+,30-16+,31-17+,32-20+,33-21+/t35-,36+,39-,40+/m0/s1. The van der Waals surface area contributed by atoms with Crippen LogP contribution >= 0.6 is 0 Å². The molecule has 2 aliphatic carbocycles. The summed E-state index contributed by atoms with van der Waals surface area (Å²) < 4.78 is 6.25. The van der Waals surface area contributed by atoms with Crippen molar-refractivity contribution in [1.82, 2.24) is 0 Å². The lowest BCUT2D eigenvalue weighted by atomic mass is 9.62. The van der Waals surface area contributed by atoms with Crippen molar-refractivity contribution in [3.63, 3.8) is 0 Å². The maximum Gasteiger partial charge on any atom is 0.124 e. The summed E-state index contributed by atoms with van der Waals surface area (Å²) in [5.74, 6) is 0.521. The Morgan fingerprint density at radius 2 is 1.29 bits per heavy atom. The van der Waals surface area contributed by atoms with E-state index in [9.17, 15) is 5.11 Å². The molecule has 0 aromatic carbocycles. The highest BCUT2D eigenvalue weighted by molar-refractivity contribution is 5.37. The maximum atomic E-state index is 10.6. The van der Waals surface area contributed by atoms with Crippen molar-refractivity contribution in [3.8, 4) is 0 Å². The van der Waals surface area contributed by atoms with Gasteiger partial charge in [0.15, 0.2) is 0 Å². The predicted molar refractivity (Wildman–Crippen MR) is 182 cm³/mol. The molecule has 1 aliphatic heterocycles. The van der Waals surface area contributed by atoms with E-state index in [1.54, 1.807) is 0 Å². The summed E-state index contributed by atoms with van der Waals surface area (Å²) in [5.41, 5.74) is 5.82. The molecule has 2 nitrogen and oxygen atoms in total. The predicted octanol–water partition coefficient (Wildman–Crippen LogP) is 10.6. The van der Waals surface area contributed by atoms with Gasteiger partial charge in [0.05, 0.1) is 11.7 Å². The van der Waals surface area contributed by atoms with Crippen LogP contribution in [-0.4, -0.2) is 22.4 Å². The Labute approximate surface area is 257 Å². The van der Waals surface area contributed by atoms with Gasteiger partial charge in [0.25, 0.3) is 0 Å². The monoisotopic (exact) mass is 568 g/mol. The molecular formula is C40H56O2. The normalized spacial score (nSPS) is 32.5. The Kier molecular flexibility index (Phi) is 11.1. The summed E-state index contributed by atoms with van der Waals surface area (Å²) in [6.45, 7) is 22.0. The van der Waals surface area contributed by atoms with Gasteiger partial charge in [-0.15, -0.1) is 0 Å². The van der Waals surface area contributed by atoms with Crippen molar-refractivity contribution >= 4 is 0 Å². The lowest BCUT2D eigenvalue weighted by molar-refractivity contribution is -0.00901. The molecule has 0 amide bonds. The molecule has 0 aromatic rings. The van der Waals surface area contributed by atoms with Crippen molar-refractivity contribution in [2.75, 3.05) is 0 Å². The van der Waals surface area contributed by atoms with Gasteiger partial charge in [-0.1, -0.05) is 141 Å². The highest BCUT2D eigenvalue weighted by Crippen LogP contribution is 2.66. The molecule has 0 unspecified atom stereocenters. The van der Waals surface area contributed by atoms with E-state index in [0.717, 1.165) is 18.4 Å². The zero-order valence-electron chi connectivity index (χ0n) is 28.0. The van der Waals surface area contributed by atoms with Gasteiger partial charge in [-0.25, -0.2) is 0 Å². The number of allylic oxidation sites excluding steroid dienone is 19. The van der Waals surface area contributed by atoms with Crippen LogP contribution in [0.2, 0.25) is 0 Å². The van der Waals surface area contributed by atoms with Gasteiger partial charge in [0.1, 0.15) is 5.60 Å². The zero-order chi connectivity index (χ0) is 31.2. The lowest BCUT2D eigenvalue weighted by Gasteiger charge is -2.40. The first-order valence-electron chi connectivity index (χ1n) is 15.8. The van der Waals surface area contributed by atoms with E-state index in [2.05, 4.69) is 160 Å². The molecule has 228 valence electrons. The molecule has 1 saturated carbocycles.